The van der Waals surface area contributed by atoms with Crippen molar-refractivity contribution in [2.45, 2.75) is 10.9 Å². The number of rotatable bonds is 8. The first-order chi connectivity index (χ1) is 13.1. The lowest BCUT2D eigenvalue weighted by Gasteiger charge is -2.04. The van der Waals surface area contributed by atoms with Crippen molar-refractivity contribution in [3.8, 4) is 5.75 Å². The largest absolute Gasteiger partial charge is 0.497 e. The average Bonchev–Trinajstić information content (AvgIpc) is 3.13. The molecule has 0 aliphatic heterocycles. The molecule has 3 rings (SSSR count). The van der Waals surface area contributed by atoms with Gasteiger partial charge in [-0.1, -0.05) is 46.8 Å². The molecule has 0 spiro atoms. The molecule has 0 bridgehead atoms. The Labute approximate surface area is 170 Å². The zero-order valence-corrected chi connectivity index (χ0v) is 16.8. The Hall–Kier alpha value is -2.29. The highest BCUT2D eigenvalue weighted by atomic mass is 35.5. The summed E-state index contributed by atoms with van der Waals surface area (Å²) in [5.41, 5.74) is 1.85. The quantitative estimate of drug-likeness (QED) is 0.527. The number of thioether (sulfide) groups is 1. The number of anilines is 2. The van der Waals surface area contributed by atoms with Crippen molar-refractivity contribution in [1.29, 1.82) is 0 Å². The minimum Gasteiger partial charge on any atom is -0.497 e. The molecule has 9 heteroatoms. The summed E-state index contributed by atoms with van der Waals surface area (Å²) in [4.78, 5) is 12.0. The van der Waals surface area contributed by atoms with Crippen molar-refractivity contribution in [3.63, 3.8) is 0 Å². The van der Waals surface area contributed by atoms with Gasteiger partial charge in [0.15, 0.2) is 4.34 Å². The van der Waals surface area contributed by atoms with Crippen LogP contribution in [-0.2, 0) is 11.3 Å². The van der Waals surface area contributed by atoms with Gasteiger partial charge in [-0.05, 0) is 42.0 Å². The lowest BCUT2D eigenvalue weighted by molar-refractivity contribution is -0.118. The number of carbonyl (C=O) groups is 1. The second-order valence-corrected chi connectivity index (χ2v) is 8.06. The van der Waals surface area contributed by atoms with E-state index in [1.165, 1.54) is 23.1 Å². The minimum atomic E-state index is -0.0696. The number of methoxy groups -OCH3 is 1. The van der Waals surface area contributed by atoms with E-state index in [-0.39, 0.29) is 11.7 Å². The number of hydrogen-bond donors (Lipinski definition) is 2. The summed E-state index contributed by atoms with van der Waals surface area (Å²) in [6.45, 7) is 0.445. The van der Waals surface area contributed by atoms with Gasteiger partial charge in [-0.3, -0.25) is 4.79 Å². The van der Waals surface area contributed by atoms with Gasteiger partial charge in [0, 0.05) is 17.3 Å². The summed E-state index contributed by atoms with van der Waals surface area (Å²) in [7, 11) is 1.63. The van der Waals surface area contributed by atoms with Gasteiger partial charge in [-0.2, -0.15) is 0 Å². The first-order valence-corrected chi connectivity index (χ1v) is 10.2. The third-order valence-corrected chi connectivity index (χ3v) is 5.66. The Morgan fingerprint density at radius 1 is 1.22 bits per heavy atom. The normalized spacial score (nSPS) is 10.4. The maximum absolute atomic E-state index is 12.0. The third-order valence-electron chi connectivity index (χ3n) is 3.45. The molecule has 2 N–H and O–H groups in total. The van der Waals surface area contributed by atoms with E-state index in [2.05, 4.69) is 20.8 Å². The molecule has 1 heterocycles. The van der Waals surface area contributed by atoms with E-state index in [0.717, 1.165) is 21.3 Å². The van der Waals surface area contributed by atoms with Crippen LogP contribution in [-0.4, -0.2) is 29.0 Å². The fraction of sp³-hybridized carbons (Fsp3) is 0.167. The summed E-state index contributed by atoms with van der Waals surface area (Å²) in [5, 5.41) is 15.6. The van der Waals surface area contributed by atoms with Crippen molar-refractivity contribution in [1.82, 2.24) is 15.5 Å². The number of halogens is 1. The molecule has 0 fully saturated rings. The van der Waals surface area contributed by atoms with Crippen molar-refractivity contribution in [3.05, 3.63) is 59.1 Å². The van der Waals surface area contributed by atoms with E-state index in [1.54, 1.807) is 13.2 Å². The number of nitrogens with one attached hydrogen (secondary N) is 2. The van der Waals surface area contributed by atoms with Crippen LogP contribution >= 0.6 is 34.7 Å². The summed E-state index contributed by atoms with van der Waals surface area (Å²) < 4.78 is 5.86. The lowest BCUT2D eigenvalue weighted by Crippen LogP contribution is -2.24. The molecule has 1 aromatic heterocycles. The topological polar surface area (TPSA) is 76.1 Å². The van der Waals surface area contributed by atoms with Gasteiger partial charge in [0.25, 0.3) is 0 Å². The fourth-order valence-corrected chi connectivity index (χ4v) is 3.96. The van der Waals surface area contributed by atoms with Crippen LogP contribution in [0.25, 0.3) is 0 Å². The van der Waals surface area contributed by atoms with Crippen molar-refractivity contribution >= 4 is 51.4 Å². The molecule has 1 amide bonds. The van der Waals surface area contributed by atoms with E-state index in [9.17, 15) is 4.79 Å². The Morgan fingerprint density at radius 2 is 2.04 bits per heavy atom. The molecule has 0 saturated carbocycles. The second kappa shape index (κ2) is 9.59. The molecule has 2 aromatic carbocycles. The van der Waals surface area contributed by atoms with Gasteiger partial charge in [-0.15, -0.1) is 10.2 Å². The zero-order valence-electron chi connectivity index (χ0n) is 14.4. The molecular weight excluding hydrogens is 404 g/mol. The van der Waals surface area contributed by atoms with E-state index in [4.69, 9.17) is 16.3 Å². The highest BCUT2D eigenvalue weighted by Crippen LogP contribution is 2.28. The van der Waals surface area contributed by atoms with E-state index in [0.29, 0.717) is 16.7 Å². The van der Waals surface area contributed by atoms with Crippen LogP contribution in [0.15, 0.2) is 52.9 Å². The van der Waals surface area contributed by atoms with Crippen LogP contribution < -0.4 is 15.4 Å². The minimum absolute atomic E-state index is 0.0696. The first kappa shape index (κ1) is 19.5. The Bertz CT molecular complexity index is 902. The van der Waals surface area contributed by atoms with Crippen molar-refractivity contribution in [2.24, 2.45) is 0 Å². The fourth-order valence-electron chi connectivity index (χ4n) is 2.14. The lowest BCUT2D eigenvalue weighted by atomic mass is 10.2. The predicted molar refractivity (Wildman–Crippen MR) is 110 cm³/mol. The molecule has 0 radical (unpaired) electrons. The zero-order chi connectivity index (χ0) is 19.1. The number of hydrogen-bond acceptors (Lipinski definition) is 7. The summed E-state index contributed by atoms with van der Waals surface area (Å²) in [6.07, 6.45) is 0. The van der Waals surface area contributed by atoms with Gasteiger partial charge in [0.2, 0.25) is 11.0 Å². The van der Waals surface area contributed by atoms with E-state index < -0.39 is 0 Å². The molecule has 140 valence electrons. The van der Waals surface area contributed by atoms with E-state index >= 15 is 0 Å². The summed E-state index contributed by atoms with van der Waals surface area (Å²) in [5.74, 6) is 0.996. The standard InChI is InChI=1S/C18H17ClN4O2S2/c1-25-15-7-5-14(6-8-15)21-17-22-23-18(27-17)26-11-16(24)20-10-12-3-2-4-13(19)9-12/h2-9H,10-11H2,1H3,(H,20,24)(H,21,22). The van der Waals surface area contributed by atoms with Crippen LogP contribution in [0.4, 0.5) is 10.8 Å². The van der Waals surface area contributed by atoms with Crippen molar-refractivity contribution < 1.29 is 9.53 Å². The molecule has 6 nitrogen and oxygen atoms in total. The monoisotopic (exact) mass is 420 g/mol. The number of aromatic nitrogens is 2. The van der Waals surface area contributed by atoms with Gasteiger partial charge in [0.1, 0.15) is 5.75 Å². The number of nitrogens with zero attached hydrogens (tertiary/aromatic N) is 2. The van der Waals surface area contributed by atoms with Gasteiger partial charge >= 0.3 is 0 Å². The van der Waals surface area contributed by atoms with Gasteiger partial charge in [0.05, 0.1) is 12.9 Å². The molecular formula is C18H17ClN4O2S2. The molecule has 3 aromatic rings. The molecule has 0 saturated heterocycles. The molecule has 0 aliphatic rings. The van der Waals surface area contributed by atoms with E-state index in [1.807, 2.05) is 42.5 Å². The Balaban J connectivity index is 1.45. The van der Waals surface area contributed by atoms with Gasteiger partial charge < -0.3 is 15.4 Å². The highest BCUT2D eigenvalue weighted by molar-refractivity contribution is 8.01. The SMILES string of the molecule is COc1ccc(Nc2nnc(SCC(=O)NCc3cccc(Cl)c3)s2)cc1. The third kappa shape index (κ3) is 6.13. The van der Waals surface area contributed by atoms with Crippen LogP contribution in [0.2, 0.25) is 5.02 Å². The molecule has 27 heavy (non-hydrogen) atoms. The summed E-state index contributed by atoms with van der Waals surface area (Å²) in [6, 6.07) is 14.9. The Morgan fingerprint density at radius 3 is 2.78 bits per heavy atom. The number of ether oxygens (including phenoxy) is 1. The smallest absolute Gasteiger partial charge is 0.230 e. The molecule has 0 unspecified atom stereocenters. The number of carbonyl (C=O) groups excluding carboxylic acids is 1. The van der Waals surface area contributed by atoms with Gasteiger partial charge in [-0.25, -0.2) is 0 Å². The average molecular weight is 421 g/mol. The number of amides is 1. The maximum Gasteiger partial charge on any atom is 0.230 e. The Kier molecular flexibility index (Phi) is 6.92. The van der Waals surface area contributed by atoms with Crippen LogP contribution in [0.3, 0.4) is 0 Å². The first-order valence-electron chi connectivity index (χ1n) is 8.01. The summed E-state index contributed by atoms with van der Waals surface area (Å²) >= 11 is 8.68. The second-order valence-electron chi connectivity index (χ2n) is 5.42. The number of benzene rings is 2. The van der Waals surface area contributed by atoms with Crippen LogP contribution in [0.5, 0.6) is 5.75 Å². The predicted octanol–water partition coefficient (Wildman–Crippen LogP) is 4.35. The van der Waals surface area contributed by atoms with Crippen molar-refractivity contribution in [2.75, 3.05) is 18.2 Å². The molecule has 0 atom stereocenters. The highest BCUT2D eigenvalue weighted by Gasteiger charge is 2.09. The maximum atomic E-state index is 12.0. The van der Waals surface area contributed by atoms with Crippen LogP contribution in [0.1, 0.15) is 5.56 Å². The molecule has 0 aliphatic carbocycles. The van der Waals surface area contributed by atoms with Crippen LogP contribution in [0, 0.1) is 0 Å².